The molecular formula is C15H17ClFN3O. The first-order valence-corrected chi connectivity index (χ1v) is 7.04. The van der Waals surface area contributed by atoms with Crippen molar-refractivity contribution in [2.24, 2.45) is 5.92 Å². The predicted octanol–water partition coefficient (Wildman–Crippen LogP) is 3.36. The predicted molar refractivity (Wildman–Crippen MR) is 81.8 cm³/mol. The van der Waals surface area contributed by atoms with Gasteiger partial charge in [-0.1, -0.05) is 25.4 Å². The number of hydrogen-bond acceptors (Lipinski definition) is 4. The quantitative estimate of drug-likeness (QED) is 0.889. The van der Waals surface area contributed by atoms with Crippen LogP contribution in [-0.2, 0) is 0 Å². The molecule has 0 radical (unpaired) electrons. The summed E-state index contributed by atoms with van der Waals surface area (Å²) in [6.45, 7) is 3.96. The Morgan fingerprint density at radius 2 is 2.10 bits per heavy atom. The van der Waals surface area contributed by atoms with Crippen LogP contribution in [-0.4, -0.2) is 27.7 Å². The van der Waals surface area contributed by atoms with Gasteiger partial charge in [-0.3, -0.25) is 4.98 Å². The van der Waals surface area contributed by atoms with Crippen molar-refractivity contribution in [2.45, 2.75) is 19.9 Å². The average Bonchev–Trinajstić information content (AvgIpc) is 2.47. The van der Waals surface area contributed by atoms with E-state index in [1.54, 1.807) is 0 Å². The number of aliphatic hydroxyl groups excluding tert-OH is 1. The van der Waals surface area contributed by atoms with Crippen LogP contribution in [0.2, 0.25) is 5.02 Å². The maximum Gasteiger partial charge on any atom is 0.145 e. The molecule has 21 heavy (non-hydrogen) atoms. The van der Waals surface area contributed by atoms with Crippen LogP contribution in [0.25, 0.3) is 11.3 Å². The van der Waals surface area contributed by atoms with Gasteiger partial charge in [0.2, 0.25) is 0 Å². The molecule has 0 amide bonds. The summed E-state index contributed by atoms with van der Waals surface area (Å²) >= 11 is 5.89. The zero-order valence-corrected chi connectivity index (χ0v) is 12.6. The fourth-order valence-electron chi connectivity index (χ4n) is 1.87. The molecule has 112 valence electrons. The van der Waals surface area contributed by atoms with Crippen LogP contribution in [0.1, 0.15) is 13.8 Å². The van der Waals surface area contributed by atoms with Crippen LogP contribution in [0.5, 0.6) is 0 Å². The molecule has 4 nitrogen and oxygen atoms in total. The monoisotopic (exact) mass is 309 g/mol. The molecule has 0 aliphatic rings. The van der Waals surface area contributed by atoms with E-state index in [1.807, 2.05) is 13.8 Å². The number of halogens is 2. The number of nitrogens with one attached hydrogen (secondary N) is 1. The van der Waals surface area contributed by atoms with Crippen LogP contribution in [0.15, 0.2) is 30.6 Å². The minimum Gasteiger partial charge on any atom is -0.394 e. The van der Waals surface area contributed by atoms with E-state index in [4.69, 9.17) is 11.6 Å². The Hall–Kier alpha value is -1.72. The second kappa shape index (κ2) is 6.83. The number of nitrogens with zero attached hydrogens (tertiary/aromatic N) is 2. The molecule has 2 rings (SSSR count). The average molecular weight is 310 g/mol. The molecule has 0 bridgehead atoms. The van der Waals surface area contributed by atoms with E-state index >= 15 is 0 Å². The third-order valence-corrected chi connectivity index (χ3v) is 3.41. The van der Waals surface area contributed by atoms with Gasteiger partial charge in [0.15, 0.2) is 0 Å². The van der Waals surface area contributed by atoms with Crippen LogP contribution in [0, 0.1) is 11.7 Å². The molecule has 1 heterocycles. The highest BCUT2D eigenvalue weighted by Gasteiger charge is 2.14. The molecule has 1 aromatic heterocycles. The molecule has 0 aliphatic heterocycles. The molecule has 0 saturated heterocycles. The standard InChI is InChI=1S/C15H17ClFN3O/c1-9(2)14(8-21)20-15-7-18-6-13(19-15)11-5-10(16)3-4-12(11)17/h3-7,9,14,21H,8H2,1-2H3,(H,19,20). The summed E-state index contributed by atoms with van der Waals surface area (Å²) in [4.78, 5) is 8.39. The summed E-state index contributed by atoms with van der Waals surface area (Å²) in [6, 6.07) is 4.15. The number of aromatic nitrogens is 2. The molecule has 0 saturated carbocycles. The molecule has 1 unspecified atom stereocenters. The molecule has 1 atom stereocenters. The van der Waals surface area contributed by atoms with Gasteiger partial charge in [-0.05, 0) is 24.1 Å². The smallest absolute Gasteiger partial charge is 0.145 e. The molecule has 2 N–H and O–H groups in total. The van der Waals surface area contributed by atoms with Gasteiger partial charge in [-0.2, -0.15) is 0 Å². The van der Waals surface area contributed by atoms with Gasteiger partial charge in [0.1, 0.15) is 11.6 Å². The van der Waals surface area contributed by atoms with Gasteiger partial charge in [0.05, 0.1) is 30.7 Å². The van der Waals surface area contributed by atoms with Crippen LogP contribution in [0.4, 0.5) is 10.2 Å². The fourth-order valence-corrected chi connectivity index (χ4v) is 2.04. The van der Waals surface area contributed by atoms with E-state index < -0.39 is 5.82 Å². The van der Waals surface area contributed by atoms with Crippen molar-refractivity contribution in [1.82, 2.24) is 9.97 Å². The van der Waals surface area contributed by atoms with E-state index in [9.17, 15) is 9.50 Å². The first kappa shape index (κ1) is 15.7. The van der Waals surface area contributed by atoms with Crippen molar-refractivity contribution in [3.63, 3.8) is 0 Å². The molecular weight excluding hydrogens is 293 g/mol. The van der Waals surface area contributed by atoms with Gasteiger partial charge >= 0.3 is 0 Å². The summed E-state index contributed by atoms with van der Waals surface area (Å²) in [7, 11) is 0. The SMILES string of the molecule is CC(C)C(CO)Nc1cncc(-c2cc(Cl)ccc2F)n1. The lowest BCUT2D eigenvalue weighted by Crippen LogP contribution is -2.29. The lowest BCUT2D eigenvalue weighted by Gasteiger charge is -2.20. The van der Waals surface area contributed by atoms with Crippen molar-refractivity contribution in [3.8, 4) is 11.3 Å². The normalized spacial score (nSPS) is 12.5. The highest BCUT2D eigenvalue weighted by atomic mass is 35.5. The molecule has 0 aliphatic carbocycles. The number of rotatable bonds is 5. The minimum absolute atomic E-state index is 0.0187. The second-order valence-electron chi connectivity index (χ2n) is 5.09. The van der Waals surface area contributed by atoms with Crippen LogP contribution >= 0.6 is 11.6 Å². The Morgan fingerprint density at radius 3 is 2.76 bits per heavy atom. The van der Waals surface area contributed by atoms with Gasteiger partial charge in [0.25, 0.3) is 0 Å². The number of benzene rings is 1. The Labute approximate surface area is 128 Å². The number of anilines is 1. The summed E-state index contributed by atoms with van der Waals surface area (Å²) in [5, 5.41) is 12.9. The van der Waals surface area contributed by atoms with E-state index in [0.717, 1.165) is 0 Å². The first-order chi connectivity index (χ1) is 10.0. The third-order valence-electron chi connectivity index (χ3n) is 3.17. The zero-order chi connectivity index (χ0) is 15.4. The highest BCUT2D eigenvalue weighted by Crippen LogP contribution is 2.25. The third kappa shape index (κ3) is 3.89. The number of hydrogen-bond donors (Lipinski definition) is 2. The lowest BCUT2D eigenvalue weighted by molar-refractivity contribution is 0.249. The van der Waals surface area contributed by atoms with Gasteiger partial charge in [-0.25, -0.2) is 9.37 Å². The largest absolute Gasteiger partial charge is 0.394 e. The van der Waals surface area contributed by atoms with Gasteiger partial charge in [-0.15, -0.1) is 0 Å². The van der Waals surface area contributed by atoms with Crippen molar-refractivity contribution >= 4 is 17.4 Å². The van der Waals surface area contributed by atoms with Gasteiger partial charge < -0.3 is 10.4 Å². The van der Waals surface area contributed by atoms with E-state index in [1.165, 1.54) is 30.6 Å². The summed E-state index contributed by atoms with van der Waals surface area (Å²) in [6.07, 6.45) is 3.01. The van der Waals surface area contributed by atoms with E-state index in [0.29, 0.717) is 22.1 Å². The van der Waals surface area contributed by atoms with E-state index in [2.05, 4.69) is 15.3 Å². The summed E-state index contributed by atoms with van der Waals surface area (Å²) in [5.74, 6) is 0.302. The molecule has 1 aromatic carbocycles. The first-order valence-electron chi connectivity index (χ1n) is 6.66. The fraction of sp³-hybridized carbons (Fsp3) is 0.333. The molecule has 0 spiro atoms. The molecule has 0 fully saturated rings. The van der Waals surface area contributed by atoms with Crippen molar-refractivity contribution in [2.75, 3.05) is 11.9 Å². The molecule has 6 heteroatoms. The minimum atomic E-state index is -0.409. The van der Waals surface area contributed by atoms with E-state index in [-0.39, 0.29) is 18.6 Å². The van der Waals surface area contributed by atoms with Crippen molar-refractivity contribution in [3.05, 3.63) is 41.4 Å². The maximum atomic E-state index is 13.9. The Balaban J connectivity index is 2.31. The lowest BCUT2D eigenvalue weighted by atomic mass is 10.1. The Kier molecular flexibility index (Phi) is 5.09. The Morgan fingerprint density at radius 1 is 1.33 bits per heavy atom. The summed E-state index contributed by atoms with van der Waals surface area (Å²) in [5.41, 5.74) is 0.684. The van der Waals surface area contributed by atoms with Gasteiger partial charge in [0, 0.05) is 10.6 Å². The van der Waals surface area contributed by atoms with Crippen LogP contribution < -0.4 is 5.32 Å². The summed E-state index contributed by atoms with van der Waals surface area (Å²) < 4.78 is 13.9. The molecule has 2 aromatic rings. The second-order valence-corrected chi connectivity index (χ2v) is 5.53. The number of aliphatic hydroxyl groups is 1. The van der Waals surface area contributed by atoms with Crippen molar-refractivity contribution < 1.29 is 9.50 Å². The zero-order valence-electron chi connectivity index (χ0n) is 11.8. The Bertz CT molecular complexity index is 622. The maximum absolute atomic E-state index is 13.9. The highest BCUT2D eigenvalue weighted by molar-refractivity contribution is 6.30. The van der Waals surface area contributed by atoms with Crippen molar-refractivity contribution in [1.29, 1.82) is 0 Å². The topological polar surface area (TPSA) is 58.0 Å². The van der Waals surface area contributed by atoms with Crippen LogP contribution in [0.3, 0.4) is 0 Å².